The van der Waals surface area contributed by atoms with Gasteiger partial charge >= 0.3 is 0 Å². The molecule has 0 spiro atoms. The Morgan fingerprint density at radius 2 is 2.20 bits per heavy atom. The van der Waals surface area contributed by atoms with Crippen molar-refractivity contribution in [3.63, 3.8) is 0 Å². The summed E-state index contributed by atoms with van der Waals surface area (Å²) in [4.78, 5) is 14.6. The number of amides is 1. The normalized spacial score (nSPS) is 15.3. The van der Waals surface area contributed by atoms with Crippen molar-refractivity contribution < 1.29 is 9.21 Å². The molecule has 0 unspecified atom stereocenters. The van der Waals surface area contributed by atoms with E-state index < -0.39 is 0 Å². The maximum absolute atomic E-state index is 12.6. The smallest absolute Gasteiger partial charge is 0.289 e. The zero-order valence-corrected chi connectivity index (χ0v) is 12.0. The Labute approximate surface area is 118 Å². The van der Waals surface area contributed by atoms with Crippen molar-refractivity contribution in [2.24, 2.45) is 0 Å². The fourth-order valence-corrected chi connectivity index (χ4v) is 2.59. The van der Waals surface area contributed by atoms with Crippen LogP contribution in [0, 0.1) is 6.92 Å². The van der Waals surface area contributed by atoms with Crippen LogP contribution in [-0.2, 0) is 0 Å². The largest absolute Gasteiger partial charge is 0.451 e. The van der Waals surface area contributed by atoms with Gasteiger partial charge in [0.1, 0.15) is 5.58 Å². The highest BCUT2D eigenvalue weighted by Crippen LogP contribution is 2.22. The molecule has 1 amide bonds. The lowest BCUT2D eigenvalue weighted by molar-refractivity contribution is 0.0586. The molecule has 1 fully saturated rings. The molecule has 4 heteroatoms. The van der Waals surface area contributed by atoms with E-state index in [0.717, 1.165) is 37.0 Å². The lowest BCUT2D eigenvalue weighted by atomic mass is 10.1. The highest BCUT2D eigenvalue weighted by molar-refractivity contribution is 5.96. The molecule has 1 aliphatic rings. The number of aryl methyl sites for hydroxylation is 1. The first-order valence-electron chi connectivity index (χ1n) is 7.21. The molecule has 4 nitrogen and oxygen atoms in total. The molecule has 3 rings (SSSR count). The third-order valence-electron chi connectivity index (χ3n) is 3.81. The Morgan fingerprint density at radius 1 is 1.40 bits per heavy atom. The Balaban J connectivity index is 1.89. The molecule has 0 aliphatic carbocycles. The summed E-state index contributed by atoms with van der Waals surface area (Å²) in [6, 6.07) is 8.14. The van der Waals surface area contributed by atoms with E-state index in [-0.39, 0.29) is 5.91 Å². The number of rotatable bonds is 4. The lowest BCUT2D eigenvalue weighted by Gasteiger charge is -2.37. The van der Waals surface area contributed by atoms with Crippen LogP contribution in [0.2, 0.25) is 0 Å². The first-order chi connectivity index (χ1) is 9.69. The van der Waals surface area contributed by atoms with Crippen LogP contribution in [0.5, 0.6) is 0 Å². The summed E-state index contributed by atoms with van der Waals surface area (Å²) in [5, 5.41) is 4.21. The van der Waals surface area contributed by atoms with Crippen molar-refractivity contribution in [2.45, 2.75) is 26.3 Å². The standard InChI is InChI=1S/C16H20N2O2/c1-3-6-18(13-9-17-10-13)16(19)15-8-12-7-11(2)4-5-14(12)20-15/h4-5,7-8,13,17H,3,6,9-10H2,1-2H3. The summed E-state index contributed by atoms with van der Waals surface area (Å²) >= 11 is 0. The van der Waals surface area contributed by atoms with Crippen molar-refractivity contribution in [1.82, 2.24) is 10.2 Å². The minimum absolute atomic E-state index is 0.00667. The molecular weight excluding hydrogens is 252 g/mol. The summed E-state index contributed by atoms with van der Waals surface area (Å²) in [6.07, 6.45) is 0.960. The third-order valence-corrected chi connectivity index (χ3v) is 3.81. The van der Waals surface area contributed by atoms with Gasteiger partial charge in [0.05, 0.1) is 6.04 Å². The number of carbonyl (C=O) groups excluding carboxylic acids is 1. The van der Waals surface area contributed by atoms with Crippen molar-refractivity contribution in [1.29, 1.82) is 0 Å². The van der Waals surface area contributed by atoms with Gasteiger partial charge in [-0.05, 0) is 31.5 Å². The van der Waals surface area contributed by atoms with Crippen LogP contribution >= 0.6 is 0 Å². The Morgan fingerprint density at radius 3 is 2.85 bits per heavy atom. The van der Waals surface area contributed by atoms with E-state index in [2.05, 4.69) is 12.2 Å². The highest BCUT2D eigenvalue weighted by Gasteiger charge is 2.30. The number of carbonyl (C=O) groups is 1. The van der Waals surface area contributed by atoms with Gasteiger partial charge in [-0.15, -0.1) is 0 Å². The van der Waals surface area contributed by atoms with Gasteiger partial charge in [-0.3, -0.25) is 4.79 Å². The van der Waals surface area contributed by atoms with Gasteiger partial charge in [-0.2, -0.15) is 0 Å². The maximum atomic E-state index is 12.6. The Bertz CT molecular complexity index is 628. The third kappa shape index (κ3) is 2.31. The molecule has 106 valence electrons. The Hall–Kier alpha value is -1.81. The molecule has 0 bridgehead atoms. The van der Waals surface area contributed by atoms with Gasteiger partial charge in [-0.25, -0.2) is 0 Å². The van der Waals surface area contributed by atoms with Crippen LogP contribution in [0.1, 0.15) is 29.5 Å². The van der Waals surface area contributed by atoms with Crippen molar-refractivity contribution in [3.05, 3.63) is 35.6 Å². The average Bonchev–Trinajstić information content (AvgIpc) is 2.78. The maximum Gasteiger partial charge on any atom is 0.289 e. The van der Waals surface area contributed by atoms with Crippen LogP contribution in [-0.4, -0.2) is 36.5 Å². The van der Waals surface area contributed by atoms with Crippen LogP contribution < -0.4 is 5.32 Å². The molecule has 1 aromatic carbocycles. The minimum atomic E-state index is 0.00667. The van der Waals surface area contributed by atoms with E-state index in [1.54, 1.807) is 0 Å². The lowest BCUT2D eigenvalue weighted by Crippen LogP contribution is -2.59. The quantitative estimate of drug-likeness (QED) is 0.930. The second-order valence-corrected chi connectivity index (χ2v) is 5.46. The van der Waals surface area contributed by atoms with Gasteiger partial charge in [0, 0.05) is 25.0 Å². The number of nitrogens with zero attached hydrogens (tertiary/aromatic N) is 1. The first kappa shape index (κ1) is 13.2. The van der Waals surface area contributed by atoms with Crippen LogP contribution in [0.3, 0.4) is 0 Å². The summed E-state index contributed by atoms with van der Waals surface area (Å²) in [7, 11) is 0. The van der Waals surface area contributed by atoms with Crippen LogP contribution in [0.4, 0.5) is 0 Å². The molecule has 20 heavy (non-hydrogen) atoms. The molecule has 1 N–H and O–H groups in total. The zero-order chi connectivity index (χ0) is 14.1. The molecule has 0 radical (unpaired) electrons. The van der Waals surface area contributed by atoms with Gasteiger partial charge in [0.15, 0.2) is 5.76 Å². The number of nitrogens with one attached hydrogen (secondary N) is 1. The monoisotopic (exact) mass is 272 g/mol. The molecule has 1 saturated heterocycles. The fraction of sp³-hybridized carbons (Fsp3) is 0.438. The summed E-state index contributed by atoms with van der Waals surface area (Å²) in [5.41, 5.74) is 1.95. The number of hydrogen-bond acceptors (Lipinski definition) is 3. The van der Waals surface area contributed by atoms with Crippen LogP contribution in [0.25, 0.3) is 11.0 Å². The van der Waals surface area contributed by atoms with Gasteiger partial charge in [0.25, 0.3) is 5.91 Å². The van der Waals surface area contributed by atoms with Gasteiger partial charge < -0.3 is 14.6 Å². The first-order valence-corrected chi connectivity index (χ1v) is 7.21. The molecular formula is C16H20N2O2. The van der Waals surface area contributed by atoms with Gasteiger partial charge in [0.2, 0.25) is 0 Å². The molecule has 0 atom stereocenters. The molecule has 2 aromatic rings. The fourth-order valence-electron chi connectivity index (χ4n) is 2.59. The van der Waals surface area contributed by atoms with E-state index in [1.165, 1.54) is 5.56 Å². The zero-order valence-electron chi connectivity index (χ0n) is 12.0. The van der Waals surface area contributed by atoms with Crippen molar-refractivity contribution >= 4 is 16.9 Å². The average molecular weight is 272 g/mol. The van der Waals surface area contributed by atoms with E-state index in [4.69, 9.17) is 4.42 Å². The number of furan rings is 1. The van der Waals surface area contributed by atoms with E-state index in [0.29, 0.717) is 11.8 Å². The van der Waals surface area contributed by atoms with Gasteiger partial charge in [-0.1, -0.05) is 18.6 Å². The van der Waals surface area contributed by atoms with E-state index in [9.17, 15) is 4.79 Å². The number of fused-ring (bicyclic) bond motifs is 1. The second-order valence-electron chi connectivity index (χ2n) is 5.46. The topological polar surface area (TPSA) is 45.5 Å². The van der Waals surface area contributed by atoms with E-state index >= 15 is 0 Å². The molecule has 2 heterocycles. The number of hydrogen-bond donors (Lipinski definition) is 1. The summed E-state index contributed by atoms with van der Waals surface area (Å²) in [6.45, 7) is 6.67. The Kier molecular flexibility index (Phi) is 3.49. The van der Waals surface area contributed by atoms with Crippen molar-refractivity contribution in [2.75, 3.05) is 19.6 Å². The molecule has 1 aromatic heterocycles. The van der Waals surface area contributed by atoms with Crippen molar-refractivity contribution in [3.8, 4) is 0 Å². The highest BCUT2D eigenvalue weighted by atomic mass is 16.3. The summed E-state index contributed by atoms with van der Waals surface area (Å²) in [5.74, 6) is 0.457. The minimum Gasteiger partial charge on any atom is -0.451 e. The molecule has 0 saturated carbocycles. The molecule has 1 aliphatic heterocycles. The van der Waals surface area contributed by atoms with E-state index in [1.807, 2.05) is 36.1 Å². The summed E-state index contributed by atoms with van der Waals surface area (Å²) < 4.78 is 5.72. The second kappa shape index (κ2) is 5.29. The predicted octanol–water partition coefficient (Wildman–Crippen LogP) is 2.57. The predicted molar refractivity (Wildman–Crippen MR) is 78.9 cm³/mol. The SMILES string of the molecule is CCCN(C(=O)c1cc2cc(C)ccc2o1)C1CNC1. The number of benzene rings is 1. The van der Waals surface area contributed by atoms with Crippen LogP contribution in [0.15, 0.2) is 28.7 Å².